The molecule has 0 amide bonds. The lowest BCUT2D eigenvalue weighted by Crippen LogP contribution is -2.45. The fraction of sp³-hybridized carbons (Fsp3) is 1.00. The number of alkyl halides is 1. The van der Waals surface area contributed by atoms with Crippen molar-refractivity contribution in [2.75, 3.05) is 19.1 Å². The van der Waals surface area contributed by atoms with E-state index in [-0.39, 0.29) is 5.41 Å². The van der Waals surface area contributed by atoms with Crippen LogP contribution in [0, 0.1) is 5.41 Å². The SMILES string of the molecule is CC1(C)COC(C)(CCCl)OC1. The van der Waals surface area contributed by atoms with Crippen molar-refractivity contribution >= 4 is 11.6 Å². The first kappa shape index (κ1) is 10.3. The lowest BCUT2D eigenvalue weighted by molar-refractivity contribution is -0.289. The summed E-state index contributed by atoms with van der Waals surface area (Å²) < 4.78 is 11.2. The quantitative estimate of drug-likeness (QED) is 0.626. The van der Waals surface area contributed by atoms with Crippen molar-refractivity contribution in [3.63, 3.8) is 0 Å². The minimum Gasteiger partial charge on any atom is -0.350 e. The van der Waals surface area contributed by atoms with Gasteiger partial charge in [-0.05, 0) is 6.92 Å². The number of hydrogen-bond donors (Lipinski definition) is 0. The van der Waals surface area contributed by atoms with Crippen molar-refractivity contribution in [3.8, 4) is 0 Å². The van der Waals surface area contributed by atoms with Crippen LogP contribution in [-0.4, -0.2) is 24.9 Å². The molecule has 72 valence electrons. The molecule has 3 heteroatoms. The smallest absolute Gasteiger partial charge is 0.166 e. The van der Waals surface area contributed by atoms with Crippen LogP contribution in [0.25, 0.3) is 0 Å². The zero-order chi connectivity index (χ0) is 9.24. The van der Waals surface area contributed by atoms with Gasteiger partial charge in [-0.25, -0.2) is 0 Å². The van der Waals surface area contributed by atoms with Crippen LogP contribution < -0.4 is 0 Å². The molecule has 1 rings (SSSR count). The van der Waals surface area contributed by atoms with E-state index in [0.29, 0.717) is 5.88 Å². The summed E-state index contributed by atoms with van der Waals surface area (Å²) in [5.74, 6) is 0.133. The minimum atomic E-state index is -0.447. The summed E-state index contributed by atoms with van der Waals surface area (Å²) in [6, 6.07) is 0. The Balaban J connectivity index is 2.44. The van der Waals surface area contributed by atoms with E-state index in [2.05, 4.69) is 13.8 Å². The van der Waals surface area contributed by atoms with Crippen LogP contribution in [0.15, 0.2) is 0 Å². The minimum absolute atomic E-state index is 0.145. The third kappa shape index (κ3) is 2.61. The first-order chi connectivity index (χ1) is 5.47. The van der Waals surface area contributed by atoms with Crippen molar-refractivity contribution in [1.29, 1.82) is 0 Å². The third-order valence-corrected chi connectivity index (χ3v) is 2.27. The second-order valence-electron chi connectivity index (χ2n) is 4.31. The molecule has 1 saturated heterocycles. The van der Waals surface area contributed by atoms with Gasteiger partial charge in [0.25, 0.3) is 0 Å². The van der Waals surface area contributed by atoms with Crippen molar-refractivity contribution in [2.45, 2.75) is 33.0 Å². The van der Waals surface area contributed by atoms with Crippen LogP contribution in [0.4, 0.5) is 0 Å². The van der Waals surface area contributed by atoms with Crippen LogP contribution in [0.5, 0.6) is 0 Å². The maximum Gasteiger partial charge on any atom is 0.166 e. The zero-order valence-corrected chi connectivity index (χ0v) is 8.78. The summed E-state index contributed by atoms with van der Waals surface area (Å²) in [5.41, 5.74) is 0.145. The number of halogens is 1. The molecule has 0 saturated carbocycles. The molecule has 12 heavy (non-hydrogen) atoms. The first-order valence-corrected chi connectivity index (χ1v) is 4.85. The Morgan fingerprint density at radius 2 is 1.67 bits per heavy atom. The van der Waals surface area contributed by atoms with E-state index in [1.54, 1.807) is 0 Å². The third-order valence-electron chi connectivity index (χ3n) is 2.09. The second kappa shape index (κ2) is 3.52. The normalized spacial score (nSPS) is 27.0. The average molecular weight is 193 g/mol. The van der Waals surface area contributed by atoms with E-state index in [1.807, 2.05) is 6.92 Å². The Kier molecular flexibility index (Phi) is 3.02. The Hall–Kier alpha value is 0.210. The van der Waals surface area contributed by atoms with Crippen LogP contribution in [0.3, 0.4) is 0 Å². The van der Waals surface area contributed by atoms with Crippen molar-refractivity contribution < 1.29 is 9.47 Å². The van der Waals surface area contributed by atoms with E-state index in [1.165, 1.54) is 0 Å². The predicted molar refractivity (Wildman–Crippen MR) is 49.4 cm³/mol. The van der Waals surface area contributed by atoms with Crippen LogP contribution in [0.2, 0.25) is 0 Å². The van der Waals surface area contributed by atoms with E-state index >= 15 is 0 Å². The molecule has 0 aromatic heterocycles. The summed E-state index contributed by atoms with van der Waals surface area (Å²) in [6.45, 7) is 7.71. The van der Waals surface area contributed by atoms with Gasteiger partial charge in [-0.15, -0.1) is 11.6 Å². The molecule has 1 aliphatic rings. The monoisotopic (exact) mass is 192 g/mol. The maximum absolute atomic E-state index is 5.64. The number of hydrogen-bond acceptors (Lipinski definition) is 2. The maximum atomic E-state index is 5.64. The largest absolute Gasteiger partial charge is 0.350 e. The number of rotatable bonds is 2. The Morgan fingerprint density at radius 3 is 2.08 bits per heavy atom. The molecule has 0 radical (unpaired) electrons. The highest BCUT2D eigenvalue weighted by atomic mass is 35.5. The van der Waals surface area contributed by atoms with Gasteiger partial charge in [-0.2, -0.15) is 0 Å². The topological polar surface area (TPSA) is 18.5 Å². The molecule has 0 aromatic rings. The molecule has 1 aliphatic heterocycles. The van der Waals surface area contributed by atoms with Gasteiger partial charge >= 0.3 is 0 Å². The summed E-state index contributed by atoms with van der Waals surface area (Å²) in [6.07, 6.45) is 0.755. The Morgan fingerprint density at radius 1 is 1.17 bits per heavy atom. The van der Waals surface area contributed by atoms with Crippen LogP contribution in [-0.2, 0) is 9.47 Å². The van der Waals surface area contributed by atoms with E-state index in [4.69, 9.17) is 21.1 Å². The summed E-state index contributed by atoms with van der Waals surface area (Å²) in [4.78, 5) is 0. The van der Waals surface area contributed by atoms with Gasteiger partial charge < -0.3 is 9.47 Å². The predicted octanol–water partition coefficient (Wildman–Crippen LogP) is 2.40. The molecule has 0 aromatic carbocycles. The molecule has 0 aliphatic carbocycles. The van der Waals surface area contributed by atoms with Gasteiger partial charge in [0.15, 0.2) is 5.79 Å². The average Bonchev–Trinajstić information content (AvgIpc) is 1.98. The highest BCUT2D eigenvalue weighted by Crippen LogP contribution is 2.31. The molecular weight excluding hydrogens is 176 g/mol. The van der Waals surface area contributed by atoms with Crippen molar-refractivity contribution in [3.05, 3.63) is 0 Å². The molecular formula is C9H17ClO2. The molecule has 0 unspecified atom stereocenters. The van der Waals surface area contributed by atoms with Gasteiger partial charge in [0.1, 0.15) is 0 Å². The fourth-order valence-corrected chi connectivity index (χ4v) is 1.44. The summed E-state index contributed by atoms with van der Waals surface area (Å²) >= 11 is 5.64. The zero-order valence-electron chi connectivity index (χ0n) is 8.02. The molecule has 0 spiro atoms. The van der Waals surface area contributed by atoms with Crippen LogP contribution in [0.1, 0.15) is 27.2 Å². The van der Waals surface area contributed by atoms with Gasteiger partial charge in [-0.1, -0.05) is 13.8 Å². The summed E-state index contributed by atoms with van der Waals surface area (Å²) in [7, 11) is 0. The number of ether oxygens (including phenoxy) is 2. The molecule has 0 bridgehead atoms. The molecule has 1 heterocycles. The Bertz CT molecular complexity index is 147. The first-order valence-electron chi connectivity index (χ1n) is 4.31. The molecule has 0 atom stereocenters. The van der Waals surface area contributed by atoms with Gasteiger partial charge in [0.05, 0.1) is 13.2 Å². The van der Waals surface area contributed by atoms with Crippen molar-refractivity contribution in [1.82, 2.24) is 0 Å². The van der Waals surface area contributed by atoms with E-state index < -0.39 is 5.79 Å². The fourth-order valence-electron chi connectivity index (χ4n) is 1.10. The molecule has 0 N–H and O–H groups in total. The highest BCUT2D eigenvalue weighted by molar-refractivity contribution is 6.17. The molecule has 2 nitrogen and oxygen atoms in total. The lowest BCUT2D eigenvalue weighted by atomic mass is 9.94. The van der Waals surface area contributed by atoms with Gasteiger partial charge in [0.2, 0.25) is 0 Å². The van der Waals surface area contributed by atoms with Crippen molar-refractivity contribution in [2.24, 2.45) is 5.41 Å². The molecule has 1 fully saturated rings. The highest BCUT2D eigenvalue weighted by Gasteiger charge is 2.36. The van der Waals surface area contributed by atoms with E-state index in [0.717, 1.165) is 19.6 Å². The van der Waals surface area contributed by atoms with Gasteiger partial charge in [0, 0.05) is 17.7 Å². The lowest BCUT2D eigenvalue weighted by Gasteiger charge is -2.41. The standard InChI is InChI=1S/C9H17ClO2/c1-8(2)6-11-9(3,4-5-10)12-7-8/h4-7H2,1-3H3. The van der Waals surface area contributed by atoms with Crippen LogP contribution >= 0.6 is 11.6 Å². The summed E-state index contributed by atoms with van der Waals surface area (Å²) in [5, 5.41) is 0. The van der Waals surface area contributed by atoms with E-state index in [9.17, 15) is 0 Å². The van der Waals surface area contributed by atoms with Gasteiger partial charge in [-0.3, -0.25) is 0 Å². The second-order valence-corrected chi connectivity index (χ2v) is 4.69. The Labute approximate surface area is 79.2 Å².